The molecule has 0 radical (unpaired) electrons. The van der Waals surface area contributed by atoms with Crippen molar-refractivity contribution in [2.45, 2.75) is 12.8 Å². The second-order valence-electron chi connectivity index (χ2n) is 3.90. The summed E-state index contributed by atoms with van der Waals surface area (Å²) < 4.78 is 7.76. The minimum absolute atomic E-state index is 0.522. The van der Waals surface area contributed by atoms with Gasteiger partial charge in [-0.05, 0) is 64.3 Å². The summed E-state index contributed by atoms with van der Waals surface area (Å²) in [5.74, 6) is 2.12. The van der Waals surface area contributed by atoms with E-state index in [9.17, 15) is 0 Å². The first-order chi connectivity index (χ1) is 8.60. The molecule has 0 unspecified atom stereocenters. The molecule has 94 valence electrons. The molecule has 1 nitrogen and oxygen atoms in total. The fourth-order valence-corrected chi connectivity index (χ4v) is 2.99. The summed E-state index contributed by atoms with van der Waals surface area (Å²) in [6.07, 6.45) is 0. The van der Waals surface area contributed by atoms with Crippen LogP contribution in [-0.4, -0.2) is 0 Å². The van der Waals surface area contributed by atoms with Crippen LogP contribution in [0.1, 0.15) is 11.1 Å². The van der Waals surface area contributed by atoms with Crippen LogP contribution in [0.15, 0.2) is 45.3 Å². The van der Waals surface area contributed by atoms with Gasteiger partial charge in [0.2, 0.25) is 0 Å². The van der Waals surface area contributed by atoms with Crippen molar-refractivity contribution < 1.29 is 4.74 Å². The summed E-state index contributed by atoms with van der Waals surface area (Å²) in [5, 5.41) is 0. The van der Waals surface area contributed by atoms with Gasteiger partial charge in [-0.15, -0.1) is 11.6 Å². The van der Waals surface area contributed by atoms with E-state index in [0.29, 0.717) is 5.88 Å². The smallest absolute Gasteiger partial charge is 0.141 e. The van der Waals surface area contributed by atoms with Gasteiger partial charge in [-0.25, -0.2) is 0 Å². The summed E-state index contributed by atoms with van der Waals surface area (Å²) in [6.45, 7) is 2.03. The molecule has 2 rings (SSSR count). The van der Waals surface area contributed by atoms with Gasteiger partial charge in [0.05, 0.1) is 4.47 Å². The Morgan fingerprint density at radius 2 is 1.89 bits per heavy atom. The molecule has 0 aliphatic carbocycles. The van der Waals surface area contributed by atoms with E-state index in [4.69, 9.17) is 16.3 Å². The van der Waals surface area contributed by atoms with Gasteiger partial charge in [0.15, 0.2) is 0 Å². The summed E-state index contributed by atoms with van der Waals surface area (Å²) in [5.41, 5.74) is 2.26. The zero-order valence-electron chi connectivity index (χ0n) is 9.71. The molecule has 0 aliphatic heterocycles. The number of hydrogen-bond donors (Lipinski definition) is 0. The van der Waals surface area contributed by atoms with Crippen molar-refractivity contribution >= 4 is 43.5 Å². The van der Waals surface area contributed by atoms with Gasteiger partial charge in [-0.2, -0.15) is 0 Å². The van der Waals surface area contributed by atoms with Crippen LogP contribution in [-0.2, 0) is 5.88 Å². The average Bonchev–Trinajstić information content (AvgIpc) is 2.33. The summed E-state index contributed by atoms with van der Waals surface area (Å²) >= 11 is 12.7. The molecule has 0 spiro atoms. The topological polar surface area (TPSA) is 9.23 Å². The predicted molar refractivity (Wildman–Crippen MR) is 82.7 cm³/mol. The molecule has 0 bridgehead atoms. The van der Waals surface area contributed by atoms with Crippen molar-refractivity contribution in [3.63, 3.8) is 0 Å². The zero-order chi connectivity index (χ0) is 13.1. The van der Waals surface area contributed by atoms with Crippen LogP contribution in [0.25, 0.3) is 0 Å². The fraction of sp³-hybridized carbons (Fsp3) is 0.143. The Bertz CT molecular complexity index is 570. The average molecular weight is 391 g/mol. The number of alkyl halides is 1. The number of rotatable bonds is 3. The van der Waals surface area contributed by atoms with Gasteiger partial charge in [0.25, 0.3) is 0 Å². The van der Waals surface area contributed by atoms with Crippen molar-refractivity contribution in [2.75, 3.05) is 0 Å². The highest BCUT2D eigenvalue weighted by Gasteiger charge is 2.05. The van der Waals surface area contributed by atoms with E-state index >= 15 is 0 Å². The largest absolute Gasteiger partial charge is 0.456 e. The van der Waals surface area contributed by atoms with Crippen LogP contribution in [0.4, 0.5) is 0 Å². The molecule has 4 heteroatoms. The quantitative estimate of drug-likeness (QED) is 0.580. The standard InChI is InChI=1S/C14H11Br2ClO/c1-9-6-12(4-2-10(9)8-17)18-14-5-3-11(15)7-13(14)16/h2-7H,8H2,1H3. The van der Waals surface area contributed by atoms with Crippen molar-refractivity contribution in [2.24, 2.45) is 0 Å². The third-order valence-electron chi connectivity index (χ3n) is 2.58. The molecule has 0 aromatic heterocycles. The lowest BCUT2D eigenvalue weighted by molar-refractivity contribution is 0.479. The molecule has 18 heavy (non-hydrogen) atoms. The Labute approximate surface area is 128 Å². The first-order valence-corrected chi connectivity index (χ1v) is 7.50. The van der Waals surface area contributed by atoms with Crippen LogP contribution >= 0.6 is 43.5 Å². The lowest BCUT2D eigenvalue weighted by Crippen LogP contribution is -1.89. The lowest BCUT2D eigenvalue weighted by Gasteiger charge is -2.10. The van der Waals surface area contributed by atoms with Crippen LogP contribution < -0.4 is 4.74 Å². The van der Waals surface area contributed by atoms with E-state index in [2.05, 4.69) is 31.9 Å². The predicted octanol–water partition coefficient (Wildman–Crippen LogP) is 6.05. The first kappa shape index (κ1) is 13.9. The normalized spacial score (nSPS) is 10.4. The molecule has 0 saturated heterocycles. The van der Waals surface area contributed by atoms with Crippen LogP contribution in [0.5, 0.6) is 11.5 Å². The number of ether oxygens (including phenoxy) is 1. The van der Waals surface area contributed by atoms with E-state index in [1.54, 1.807) is 0 Å². The fourth-order valence-electron chi connectivity index (χ4n) is 1.57. The first-order valence-electron chi connectivity index (χ1n) is 5.38. The Balaban J connectivity index is 2.26. The van der Waals surface area contributed by atoms with E-state index in [1.807, 2.05) is 43.3 Å². The molecular formula is C14H11Br2ClO. The van der Waals surface area contributed by atoms with E-state index in [-0.39, 0.29) is 0 Å². The minimum Gasteiger partial charge on any atom is -0.456 e. The van der Waals surface area contributed by atoms with Crippen molar-refractivity contribution in [3.8, 4) is 11.5 Å². The minimum atomic E-state index is 0.522. The number of halogens is 3. The highest BCUT2D eigenvalue weighted by Crippen LogP contribution is 2.32. The van der Waals surface area contributed by atoms with E-state index < -0.39 is 0 Å². The maximum absolute atomic E-state index is 5.83. The van der Waals surface area contributed by atoms with Gasteiger partial charge in [-0.1, -0.05) is 22.0 Å². The van der Waals surface area contributed by atoms with Crippen LogP contribution in [0.2, 0.25) is 0 Å². The van der Waals surface area contributed by atoms with E-state index in [1.165, 1.54) is 0 Å². The summed E-state index contributed by atoms with van der Waals surface area (Å²) in [4.78, 5) is 0. The van der Waals surface area contributed by atoms with Gasteiger partial charge in [0.1, 0.15) is 11.5 Å². The maximum Gasteiger partial charge on any atom is 0.141 e. The molecule has 0 heterocycles. The number of hydrogen-bond acceptors (Lipinski definition) is 1. The molecule has 0 amide bonds. The second-order valence-corrected chi connectivity index (χ2v) is 5.94. The molecule has 0 aliphatic rings. The van der Waals surface area contributed by atoms with Crippen LogP contribution in [0.3, 0.4) is 0 Å². The molecule has 0 N–H and O–H groups in total. The molecule has 0 saturated carbocycles. The number of aryl methyl sites for hydroxylation is 1. The Morgan fingerprint density at radius 3 is 2.50 bits per heavy atom. The monoisotopic (exact) mass is 388 g/mol. The Morgan fingerprint density at radius 1 is 1.11 bits per heavy atom. The zero-order valence-corrected chi connectivity index (χ0v) is 13.6. The van der Waals surface area contributed by atoms with Gasteiger partial charge >= 0.3 is 0 Å². The van der Waals surface area contributed by atoms with E-state index in [0.717, 1.165) is 31.6 Å². The summed E-state index contributed by atoms with van der Waals surface area (Å²) in [7, 11) is 0. The van der Waals surface area contributed by atoms with Crippen molar-refractivity contribution in [3.05, 3.63) is 56.5 Å². The molecule has 2 aromatic carbocycles. The maximum atomic E-state index is 5.83. The lowest BCUT2D eigenvalue weighted by atomic mass is 10.1. The van der Waals surface area contributed by atoms with Gasteiger partial charge in [-0.3, -0.25) is 0 Å². The highest BCUT2D eigenvalue weighted by atomic mass is 79.9. The SMILES string of the molecule is Cc1cc(Oc2ccc(Br)cc2Br)ccc1CCl. The molecule has 0 atom stereocenters. The van der Waals surface area contributed by atoms with Crippen LogP contribution in [0, 0.1) is 6.92 Å². The van der Waals surface area contributed by atoms with Crippen molar-refractivity contribution in [1.29, 1.82) is 0 Å². The second kappa shape index (κ2) is 6.09. The Kier molecular flexibility index (Phi) is 4.71. The molecular weight excluding hydrogens is 379 g/mol. The summed E-state index contributed by atoms with van der Waals surface area (Å²) in [6, 6.07) is 11.7. The Hall–Kier alpha value is -0.510. The van der Waals surface area contributed by atoms with Gasteiger partial charge in [0, 0.05) is 10.4 Å². The highest BCUT2D eigenvalue weighted by molar-refractivity contribution is 9.11. The number of benzene rings is 2. The molecule has 0 fully saturated rings. The van der Waals surface area contributed by atoms with Gasteiger partial charge < -0.3 is 4.74 Å². The molecule has 2 aromatic rings. The van der Waals surface area contributed by atoms with Crippen molar-refractivity contribution in [1.82, 2.24) is 0 Å². The third kappa shape index (κ3) is 3.28. The third-order valence-corrected chi connectivity index (χ3v) is 3.98.